The van der Waals surface area contributed by atoms with Crippen LogP contribution in [-0.4, -0.2) is 21.5 Å². The van der Waals surface area contributed by atoms with Crippen molar-refractivity contribution in [2.45, 2.75) is 27.3 Å². The summed E-state index contributed by atoms with van der Waals surface area (Å²) in [5, 5.41) is 11.2. The zero-order valence-corrected chi connectivity index (χ0v) is 13.3. The molecule has 6 heteroatoms. The molecule has 21 heavy (non-hydrogen) atoms. The number of thiocarbonyl (C=S) groups is 1. The number of aromatic nitrogens is 2. The van der Waals surface area contributed by atoms with Gasteiger partial charge in [-0.3, -0.25) is 4.68 Å². The molecular weight excluding hydrogens is 284 g/mol. The van der Waals surface area contributed by atoms with Crippen LogP contribution in [0.1, 0.15) is 19.5 Å². The SMILES string of the molecule is CCOc1ccccc1NC(=S)Nc1cn(CC)nc1C. The van der Waals surface area contributed by atoms with Gasteiger partial charge in [0.15, 0.2) is 5.11 Å². The maximum Gasteiger partial charge on any atom is 0.175 e. The van der Waals surface area contributed by atoms with Crippen molar-refractivity contribution in [3.8, 4) is 5.75 Å². The molecule has 0 aliphatic carbocycles. The molecule has 0 aliphatic heterocycles. The molecule has 0 fully saturated rings. The van der Waals surface area contributed by atoms with Crippen LogP contribution in [0.3, 0.4) is 0 Å². The maximum atomic E-state index is 5.57. The standard InChI is InChI=1S/C15H20N4OS/c1-4-19-10-13(11(3)18-19)17-15(21)16-12-8-6-7-9-14(12)20-5-2/h6-10H,4-5H2,1-3H3,(H2,16,17,21). The van der Waals surface area contributed by atoms with E-state index in [1.165, 1.54) is 0 Å². The Hall–Kier alpha value is -2.08. The van der Waals surface area contributed by atoms with Crippen molar-refractivity contribution < 1.29 is 4.74 Å². The first kappa shape index (κ1) is 15.3. The van der Waals surface area contributed by atoms with Crippen molar-refractivity contribution in [3.63, 3.8) is 0 Å². The highest BCUT2D eigenvalue weighted by Crippen LogP contribution is 2.24. The summed E-state index contributed by atoms with van der Waals surface area (Å²) in [5.41, 5.74) is 2.67. The first-order valence-electron chi connectivity index (χ1n) is 6.98. The van der Waals surface area contributed by atoms with E-state index in [1.807, 2.05) is 55.9 Å². The van der Waals surface area contributed by atoms with Crippen molar-refractivity contribution in [2.75, 3.05) is 17.2 Å². The summed E-state index contributed by atoms with van der Waals surface area (Å²) in [5.74, 6) is 0.783. The van der Waals surface area contributed by atoms with Crippen molar-refractivity contribution in [1.29, 1.82) is 0 Å². The number of hydrogen-bond acceptors (Lipinski definition) is 3. The minimum Gasteiger partial charge on any atom is -0.492 e. The fraction of sp³-hybridized carbons (Fsp3) is 0.333. The Morgan fingerprint density at radius 3 is 2.62 bits per heavy atom. The number of benzene rings is 1. The molecule has 2 N–H and O–H groups in total. The topological polar surface area (TPSA) is 51.1 Å². The largest absolute Gasteiger partial charge is 0.492 e. The van der Waals surface area contributed by atoms with Crippen molar-refractivity contribution >= 4 is 28.7 Å². The quantitative estimate of drug-likeness (QED) is 0.829. The van der Waals surface area contributed by atoms with E-state index < -0.39 is 0 Å². The third-order valence-electron chi connectivity index (χ3n) is 2.95. The predicted octanol–water partition coefficient (Wildman–Crippen LogP) is 3.42. The highest BCUT2D eigenvalue weighted by atomic mass is 32.1. The van der Waals surface area contributed by atoms with Crippen molar-refractivity contribution in [2.24, 2.45) is 0 Å². The van der Waals surface area contributed by atoms with Crippen LogP contribution < -0.4 is 15.4 Å². The molecule has 0 saturated carbocycles. The third kappa shape index (κ3) is 3.95. The van der Waals surface area contributed by atoms with Crippen LogP contribution in [0.25, 0.3) is 0 Å². The summed E-state index contributed by atoms with van der Waals surface area (Å²) in [6, 6.07) is 7.71. The zero-order valence-electron chi connectivity index (χ0n) is 12.5. The van der Waals surface area contributed by atoms with Gasteiger partial charge in [-0.15, -0.1) is 0 Å². The number of anilines is 2. The van der Waals surface area contributed by atoms with Gasteiger partial charge in [0.25, 0.3) is 0 Å². The van der Waals surface area contributed by atoms with Gasteiger partial charge in [-0.25, -0.2) is 0 Å². The minimum atomic E-state index is 0.515. The van der Waals surface area contributed by atoms with E-state index in [0.717, 1.165) is 29.4 Å². The van der Waals surface area contributed by atoms with Crippen LogP contribution in [0.5, 0.6) is 5.75 Å². The van der Waals surface area contributed by atoms with Gasteiger partial charge < -0.3 is 15.4 Å². The highest BCUT2D eigenvalue weighted by molar-refractivity contribution is 7.80. The van der Waals surface area contributed by atoms with Gasteiger partial charge in [0.1, 0.15) is 5.75 Å². The lowest BCUT2D eigenvalue weighted by molar-refractivity contribution is 0.342. The number of nitrogens with zero attached hydrogens (tertiary/aromatic N) is 2. The molecule has 112 valence electrons. The molecule has 0 unspecified atom stereocenters. The normalized spacial score (nSPS) is 10.2. The Labute approximate surface area is 130 Å². The summed E-state index contributed by atoms with van der Waals surface area (Å²) in [6.45, 7) is 7.39. The number of para-hydroxylation sites is 2. The summed E-state index contributed by atoms with van der Waals surface area (Å²) >= 11 is 5.35. The summed E-state index contributed by atoms with van der Waals surface area (Å²) in [7, 11) is 0. The Morgan fingerprint density at radius 2 is 1.95 bits per heavy atom. The molecule has 0 saturated heterocycles. The number of ether oxygens (including phenoxy) is 1. The second-order valence-electron chi connectivity index (χ2n) is 4.49. The Balaban J connectivity index is 2.06. The van der Waals surface area contributed by atoms with Crippen LogP contribution in [0.2, 0.25) is 0 Å². The Bertz CT molecular complexity index is 624. The molecule has 2 aromatic rings. The van der Waals surface area contributed by atoms with E-state index >= 15 is 0 Å². The van der Waals surface area contributed by atoms with Crippen LogP contribution >= 0.6 is 12.2 Å². The molecule has 0 aliphatic rings. The lowest BCUT2D eigenvalue weighted by Crippen LogP contribution is -2.19. The van der Waals surface area contributed by atoms with Gasteiger partial charge in [0.2, 0.25) is 0 Å². The molecule has 0 bridgehead atoms. The number of aryl methyl sites for hydroxylation is 2. The van der Waals surface area contributed by atoms with Gasteiger partial charge in [-0.2, -0.15) is 5.10 Å². The highest BCUT2D eigenvalue weighted by Gasteiger charge is 2.08. The molecule has 5 nitrogen and oxygen atoms in total. The fourth-order valence-corrected chi connectivity index (χ4v) is 2.15. The molecule has 1 heterocycles. The van der Waals surface area contributed by atoms with E-state index in [0.29, 0.717) is 11.7 Å². The van der Waals surface area contributed by atoms with Gasteiger partial charge in [-0.05, 0) is 45.1 Å². The number of hydrogen-bond donors (Lipinski definition) is 2. The average molecular weight is 304 g/mol. The molecule has 1 aromatic heterocycles. The molecule has 1 aromatic carbocycles. The second-order valence-corrected chi connectivity index (χ2v) is 4.90. The number of nitrogens with one attached hydrogen (secondary N) is 2. The predicted molar refractivity (Wildman–Crippen MR) is 90.1 cm³/mol. The van der Waals surface area contributed by atoms with E-state index in [1.54, 1.807) is 0 Å². The van der Waals surface area contributed by atoms with Gasteiger partial charge in [0.05, 0.1) is 23.7 Å². The van der Waals surface area contributed by atoms with Crippen LogP contribution in [0.4, 0.5) is 11.4 Å². The average Bonchev–Trinajstić information content (AvgIpc) is 2.82. The minimum absolute atomic E-state index is 0.515. The molecule has 0 spiro atoms. The van der Waals surface area contributed by atoms with Crippen LogP contribution in [0.15, 0.2) is 30.5 Å². The smallest absolute Gasteiger partial charge is 0.175 e. The lowest BCUT2D eigenvalue weighted by Gasteiger charge is -2.13. The Morgan fingerprint density at radius 1 is 1.24 bits per heavy atom. The first-order chi connectivity index (χ1) is 10.1. The summed E-state index contributed by atoms with van der Waals surface area (Å²) in [4.78, 5) is 0. The zero-order chi connectivity index (χ0) is 15.2. The van der Waals surface area contributed by atoms with Crippen LogP contribution in [0, 0.1) is 6.92 Å². The van der Waals surface area contributed by atoms with Gasteiger partial charge in [-0.1, -0.05) is 12.1 Å². The van der Waals surface area contributed by atoms with Gasteiger partial charge >= 0.3 is 0 Å². The molecule has 0 radical (unpaired) electrons. The van der Waals surface area contributed by atoms with E-state index in [2.05, 4.69) is 15.7 Å². The first-order valence-corrected chi connectivity index (χ1v) is 7.38. The fourth-order valence-electron chi connectivity index (χ4n) is 1.93. The van der Waals surface area contributed by atoms with E-state index in [9.17, 15) is 0 Å². The maximum absolute atomic E-state index is 5.57. The van der Waals surface area contributed by atoms with E-state index in [4.69, 9.17) is 17.0 Å². The summed E-state index contributed by atoms with van der Waals surface area (Å²) in [6.07, 6.45) is 1.94. The van der Waals surface area contributed by atoms with Crippen LogP contribution in [-0.2, 0) is 6.54 Å². The number of rotatable bonds is 5. The molecule has 0 atom stereocenters. The Kier molecular flexibility index (Phi) is 5.16. The van der Waals surface area contributed by atoms with E-state index in [-0.39, 0.29) is 0 Å². The third-order valence-corrected chi connectivity index (χ3v) is 3.16. The van der Waals surface area contributed by atoms with Crippen molar-refractivity contribution in [1.82, 2.24) is 9.78 Å². The molecular formula is C15H20N4OS. The molecule has 2 rings (SSSR count). The monoisotopic (exact) mass is 304 g/mol. The lowest BCUT2D eigenvalue weighted by atomic mass is 10.3. The van der Waals surface area contributed by atoms with Gasteiger partial charge in [0, 0.05) is 12.7 Å². The molecule has 0 amide bonds. The summed E-state index contributed by atoms with van der Waals surface area (Å²) < 4.78 is 7.44. The second kappa shape index (κ2) is 7.08. The van der Waals surface area contributed by atoms with Crippen molar-refractivity contribution in [3.05, 3.63) is 36.2 Å².